The molecule has 0 bridgehead atoms. The van der Waals surface area contributed by atoms with Crippen molar-refractivity contribution in [3.63, 3.8) is 0 Å². The van der Waals surface area contributed by atoms with Crippen LogP contribution in [-0.2, 0) is 5.54 Å². The Balaban J connectivity index is 1.33. The summed E-state index contributed by atoms with van der Waals surface area (Å²) in [6.07, 6.45) is 3.46. The van der Waals surface area contributed by atoms with Crippen LogP contribution in [0, 0.1) is 11.1 Å². The minimum atomic E-state index is -0.590. The number of anilines is 2. The fraction of sp³-hybridized carbons (Fsp3) is 0.321. The molecular formula is C28H30N6O2. The van der Waals surface area contributed by atoms with Gasteiger partial charge in [-0.15, -0.1) is 0 Å². The zero-order valence-electron chi connectivity index (χ0n) is 20.2. The zero-order valence-corrected chi connectivity index (χ0v) is 20.2. The van der Waals surface area contributed by atoms with Gasteiger partial charge in [-0.3, -0.25) is 0 Å². The number of benzene rings is 2. The lowest BCUT2D eigenvalue weighted by Crippen LogP contribution is -2.60. The quantitative estimate of drug-likeness (QED) is 0.219. The van der Waals surface area contributed by atoms with Gasteiger partial charge in [-0.2, -0.15) is 0 Å². The average Bonchev–Trinajstić information content (AvgIpc) is 3.74. The van der Waals surface area contributed by atoms with E-state index in [2.05, 4.69) is 45.0 Å². The summed E-state index contributed by atoms with van der Waals surface area (Å²) in [5.74, 6) is 1.37. The SMILES string of the molecule is CC[N+]([O-])=Nc1ccc2c(n1)NC(c1ccccc1)=C(c1ccc(C3(N)CC(O)(C4CC4)C3)cc1)N2. The molecule has 0 unspecified atom stereocenters. The van der Waals surface area contributed by atoms with Gasteiger partial charge in [0.2, 0.25) is 5.82 Å². The summed E-state index contributed by atoms with van der Waals surface area (Å²) < 4.78 is 0. The first-order valence-corrected chi connectivity index (χ1v) is 12.5. The lowest BCUT2D eigenvalue weighted by Gasteiger charge is -2.52. The second-order valence-electron chi connectivity index (χ2n) is 10.2. The van der Waals surface area contributed by atoms with Crippen LogP contribution in [0.3, 0.4) is 0 Å². The highest BCUT2D eigenvalue weighted by molar-refractivity contribution is 6.05. The van der Waals surface area contributed by atoms with Gasteiger partial charge < -0.3 is 26.7 Å². The van der Waals surface area contributed by atoms with E-state index in [1.165, 1.54) is 0 Å². The van der Waals surface area contributed by atoms with Crippen molar-refractivity contribution in [3.05, 3.63) is 88.6 Å². The van der Waals surface area contributed by atoms with Crippen LogP contribution in [0.15, 0.2) is 71.8 Å². The average molecular weight is 483 g/mol. The monoisotopic (exact) mass is 482 g/mol. The van der Waals surface area contributed by atoms with Crippen LogP contribution in [0.1, 0.15) is 49.3 Å². The molecule has 0 amide bonds. The standard InChI is InChI=1S/C28H30N6O2/c1-2-34(36)33-23-15-14-22-26(31-23)32-25(18-6-4-3-5-7-18)24(30-22)19-8-10-20(11-9-19)27(29)16-28(35,17-27)21-12-13-21/h3-11,14-15,21,30,35H,2,12-13,16-17,29H2,1H3,(H,31,32). The fourth-order valence-corrected chi connectivity index (χ4v) is 5.42. The molecule has 2 heterocycles. The lowest BCUT2D eigenvalue weighted by molar-refractivity contribution is -0.521. The number of rotatable bonds is 6. The van der Waals surface area contributed by atoms with Crippen LogP contribution in [0.25, 0.3) is 11.4 Å². The Labute approximate surface area is 210 Å². The summed E-state index contributed by atoms with van der Waals surface area (Å²) >= 11 is 0. The number of nitrogens with one attached hydrogen (secondary N) is 2. The summed E-state index contributed by atoms with van der Waals surface area (Å²) in [4.78, 5) is 5.16. The third-order valence-corrected chi connectivity index (χ3v) is 7.51. The Bertz CT molecular complexity index is 1360. The first-order chi connectivity index (χ1) is 17.4. The molecule has 2 fully saturated rings. The molecule has 8 nitrogen and oxygen atoms in total. The number of pyridine rings is 1. The van der Waals surface area contributed by atoms with Gasteiger partial charge in [-0.1, -0.05) is 59.5 Å². The van der Waals surface area contributed by atoms with Gasteiger partial charge >= 0.3 is 0 Å². The molecule has 5 N–H and O–H groups in total. The maximum atomic E-state index is 11.7. The molecule has 0 spiro atoms. The van der Waals surface area contributed by atoms with Gasteiger partial charge in [0.05, 0.1) is 22.7 Å². The van der Waals surface area contributed by atoms with E-state index in [1.807, 2.05) is 36.4 Å². The second kappa shape index (κ2) is 8.43. The highest BCUT2D eigenvalue weighted by Crippen LogP contribution is 2.57. The van der Waals surface area contributed by atoms with E-state index in [1.54, 1.807) is 13.0 Å². The van der Waals surface area contributed by atoms with E-state index in [0.29, 0.717) is 35.3 Å². The molecular weight excluding hydrogens is 452 g/mol. The largest absolute Gasteiger partial charge is 0.600 e. The van der Waals surface area contributed by atoms with Crippen molar-refractivity contribution < 1.29 is 9.97 Å². The van der Waals surface area contributed by atoms with Gasteiger partial charge in [-0.05, 0) is 56.2 Å². The maximum absolute atomic E-state index is 11.7. The molecule has 0 saturated heterocycles. The number of aromatic nitrogens is 1. The number of aliphatic hydroxyl groups is 1. The summed E-state index contributed by atoms with van der Waals surface area (Å²) in [6, 6.07) is 21.9. The molecule has 0 radical (unpaired) electrons. The molecule has 8 heteroatoms. The van der Waals surface area contributed by atoms with Crippen molar-refractivity contribution >= 4 is 28.7 Å². The topological polar surface area (TPSA) is 122 Å². The van der Waals surface area contributed by atoms with E-state index in [9.17, 15) is 10.3 Å². The van der Waals surface area contributed by atoms with Crippen molar-refractivity contribution in [1.82, 2.24) is 4.98 Å². The third kappa shape index (κ3) is 4.02. The molecule has 0 atom stereocenters. The maximum Gasteiger partial charge on any atom is 0.222 e. The normalized spacial score (nSPS) is 25.5. The minimum Gasteiger partial charge on any atom is -0.600 e. The fourth-order valence-electron chi connectivity index (χ4n) is 5.42. The van der Waals surface area contributed by atoms with E-state index in [0.717, 1.165) is 46.6 Å². The van der Waals surface area contributed by atoms with Gasteiger partial charge in [0, 0.05) is 21.8 Å². The van der Waals surface area contributed by atoms with E-state index < -0.39 is 11.1 Å². The number of nitrogens with two attached hydrogens (primary N) is 1. The highest BCUT2D eigenvalue weighted by atomic mass is 16.5. The van der Waals surface area contributed by atoms with Crippen LogP contribution in [0.2, 0.25) is 0 Å². The molecule has 1 aromatic heterocycles. The van der Waals surface area contributed by atoms with Crippen molar-refractivity contribution in [3.8, 4) is 0 Å². The third-order valence-electron chi connectivity index (χ3n) is 7.51. The molecule has 6 rings (SSSR count). The number of hydrogen-bond acceptors (Lipinski definition) is 7. The minimum absolute atomic E-state index is 0.254. The lowest BCUT2D eigenvalue weighted by atomic mass is 9.60. The van der Waals surface area contributed by atoms with Gasteiger partial charge in [0.25, 0.3) is 0 Å². The number of hydrogen-bond donors (Lipinski definition) is 4. The van der Waals surface area contributed by atoms with Crippen LogP contribution in [0.5, 0.6) is 0 Å². The van der Waals surface area contributed by atoms with E-state index >= 15 is 0 Å². The predicted octanol–water partition coefficient (Wildman–Crippen LogP) is 5.15. The molecule has 36 heavy (non-hydrogen) atoms. The predicted molar refractivity (Wildman–Crippen MR) is 140 cm³/mol. The Hall–Kier alpha value is -3.75. The molecule has 184 valence electrons. The zero-order chi connectivity index (χ0) is 24.9. The van der Waals surface area contributed by atoms with Gasteiger partial charge in [0.15, 0.2) is 12.4 Å². The summed E-state index contributed by atoms with van der Waals surface area (Å²) in [7, 11) is 0. The van der Waals surface area contributed by atoms with Crippen LogP contribution in [-0.4, -0.2) is 27.1 Å². The molecule has 2 aromatic carbocycles. The first-order valence-electron chi connectivity index (χ1n) is 12.5. The number of fused-ring (bicyclic) bond motifs is 1. The van der Waals surface area contributed by atoms with Gasteiger partial charge in [-0.25, -0.2) is 4.98 Å². The summed E-state index contributed by atoms with van der Waals surface area (Å²) in [5, 5.41) is 33.5. The van der Waals surface area contributed by atoms with Crippen molar-refractivity contribution in [1.29, 1.82) is 0 Å². The Morgan fingerprint density at radius 1 is 1.00 bits per heavy atom. The molecule has 3 aliphatic rings. The van der Waals surface area contributed by atoms with E-state index in [4.69, 9.17) is 5.73 Å². The van der Waals surface area contributed by atoms with Crippen LogP contribution >= 0.6 is 0 Å². The molecule has 1 aliphatic heterocycles. The molecule has 2 aliphatic carbocycles. The highest BCUT2D eigenvalue weighted by Gasteiger charge is 2.58. The Kier molecular flexibility index (Phi) is 5.31. The van der Waals surface area contributed by atoms with Crippen molar-refractivity contribution in [2.24, 2.45) is 16.8 Å². The first kappa shape index (κ1) is 22.7. The van der Waals surface area contributed by atoms with E-state index in [-0.39, 0.29) is 6.54 Å². The van der Waals surface area contributed by atoms with Crippen LogP contribution in [0.4, 0.5) is 17.3 Å². The molecule has 3 aromatic rings. The second-order valence-corrected chi connectivity index (χ2v) is 10.2. The summed E-state index contributed by atoms with van der Waals surface area (Å²) in [6.45, 7) is 2.00. The summed E-state index contributed by atoms with van der Waals surface area (Å²) in [5.41, 5.74) is 11.3. The van der Waals surface area contributed by atoms with Crippen molar-refractivity contribution in [2.75, 3.05) is 17.2 Å². The Morgan fingerprint density at radius 2 is 1.67 bits per heavy atom. The number of hydroxylamine groups is 1. The number of azo groups is 1. The molecule has 2 saturated carbocycles. The van der Waals surface area contributed by atoms with Gasteiger partial charge in [0.1, 0.15) is 0 Å². The van der Waals surface area contributed by atoms with Crippen molar-refractivity contribution in [2.45, 2.75) is 43.7 Å². The van der Waals surface area contributed by atoms with Crippen LogP contribution < -0.4 is 16.4 Å². The Morgan fingerprint density at radius 3 is 2.33 bits per heavy atom. The smallest absolute Gasteiger partial charge is 0.222 e. The number of nitrogens with zero attached hydrogens (tertiary/aromatic N) is 3.